The highest BCUT2D eigenvalue weighted by Gasteiger charge is 2.16. The summed E-state index contributed by atoms with van der Waals surface area (Å²) in [5.41, 5.74) is 1.51. The Hall–Kier alpha value is -1.34. The lowest BCUT2D eigenvalue weighted by Gasteiger charge is -2.09. The number of halogens is 2. The van der Waals surface area contributed by atoms with Gasteiger partial charge >= 0.3 is 6.03 Å². The first kappa shape index (κ1) is 14.6. The van der Waals surface area contributed by atoms with Gasteiger partial charge in [-0.3, -0.25) is 5.32 Å². The molecule has 2 aromatic rings. The number of benzene rings is 1. The first-order chi connectivity index (χ1) is 10.1. The highest BCUT2D eigenvalue weighted by atomic mass is 35.5. The monoisotopic (exact) mass is 342 g/mol. The third-order valence-electron chi connectivity index (χ3n) is 3.00. The van der Waals surface area contributed by atoms with Crippen molar-refractivity contribution in [1.82, 2.24) is 10.3 Å². The van der Waals surface area contributed by atoms with E-state index in [2.05, 4.69) is 20.9 Å². The van der Waals surface area contributed by atoms with Gasteiger partial charge in [0.2, 0.25) is 0 Å². The highest BCUT2D eigenvalue weighted by molar-refractivity contribution is 7.15. The van der Waals surface area contributed by atoms with Gasteiger partial charge in [0.1, 0.15) is 0 Å². The lowest BCUT2D eigenvalue weighted by Crippen LogP contribution is -2.22. The van der Waals surface area contributed by atoms with Crippen molar-refractivity contribution in [3.05, 3.63) is 38.8 Å². The zero-order valence-corrected chi connectivity index (χ0v) is 13.2. The van der Waals surface area contributed by atoms with Crippen LogP contribution in [0.4, 0.5) is 15.6 Å². The molecule has 8 heteroatoms. The highest BCUT2D eigenvalue weighted by Crippen LogP contribution is 2.27. The maximum absolute atomic E-state index is 12.0. The van der Waals surface area contributed by atoms with E-state index in [4.69, 9.17) is 23.2 Å². The molecule has 5 nitrogen and oxygen atoms in total. The number of carbonyl (C=O) groups is 1. The molecule has 1 aromatic heterocycles. The Labute approximate surface area is 135 Å². The normalized spacial score (nSPS) is 13.6. The second kappa shape index (κ2) is 6.19. The number of nitrogens with one attached hydrogen (secondary N) is 3. The summed E-state index contributed by atoms with van der Waals surface area (Å²) in [4.78, 5) is 17.6. The third-order valence-corrected chi connectivity index (χ3v) is 4.58. The number of nitrogens with zero attached hydrogens (tertiary/aromatic N) is 1. The fraction of sp³-hybridized carbons (Fsp3) is 0.231. The molecule has 21 heavy (non-hydrogen) atoms. The molecule has 0 fully saturated rings. The molecule has 1 aromatic carbocycles. The summed E-state index contributed by atoms with van der Waals surface area (Å²) in [6.07, 6.45) is 0.884. The first-order valence-electron chi connectivity index (χ1n) is 6.34. The number of carbonyl (C=O) groups excluding carboxylic acids is 1. The summed E-state index contributed by atoms with van der Waals surface area (Å²) >= 11 is 13.4. The van der Waals surface area contributed by atoms with Gasteiger partial charge in [-0.1, -0.05) is 23.2 Å². The molecule has 0 bridgehead atoms. The van der Waals surface area contributed by atoms with Crippen LogP contribution in [0.25, 0.3) is 0 Å². The first-order valence-corrected chi connectivity index (χ1v) is 7.91. The van der Waals surface area contributed by atoms with Crippen molar-refractivity contribution in [2.45, 2.75) is 13.0 Å². The number of rotatable bonds is 2. The van der Waals surface area contributed by atoms with Crippen LogP contribution >= 0.6 is 34.5 Å². The molecule has 1 aliphatic heterocycles. The van der Waals surface area contributed by atoms with Gasteiger partial charge in [0, 0.05) is 29.4 Å². The maximum atomic E-state index is 12.0. The second-order valence-corrected chi connectivity index (χ2v) is 6.45. The molecular formula is C13H12Cl2N4OS. The average Bonchev–Trinajstić information content (AvgIpc) is 2.84. The molecule has 0 unspecified atom stereocenters. The van der Waals surface area contributed by atoms with Crippen LogP contribution in [0.1, 0.15) is 10.6 Å². The van der Waals surface area contributed by atoms with Crippen LogP contribution < -0.4 is 16.0 Å². The largest absolute Gasteiger partial charge is 0.325 e. The Morgan fingerprint density at radius 1 is 1.33 bits per heavy atom. The van der Waals surface area contributed by atoms with Crippen LogP contribution in [0.5, 0.6) is 0 Å². The smallest absolute Gasteiger partial charge is 0.311 e. The molecule has 2 amide bonds. The number of hydrogen-bond acceptors (Lipinski definition) is 4. The molecular weight excluding hydrogens is 331 g/mol. The predicted octanol–water partition coefficient (Wildman–Crippen LogP) is 3.74. The summed E-state index contributed by atoms with van der Waals surface area (Å²) in [5.74, 6) is 0. The third kappa shape index (κ3) is 3.47. The van der Waals surface area contributed by atoms with E-state index in [1.807, 2.05) is 0 Å². The molecule has 0 saturated heterocycles. The molecule has 0 spiro atoms. The zero-order chi connectivity index (χ0) is 14.8. The lowest BCUT2D eigenvalue weighted by atomic mass is 10.2. The summed E-state index contributed by atoms with van der Waals surface area (Å²) in [6, 6.07) is 4.50. The van der Waals surface area contributed by atoms with Gasteiger partial charge in [0.25, 0.3) is 0 Å². The Bertz CT molecular complexity index is 665. The van der Waals surface area contributed by atoms with Crippen LogP contribution in [-0.2, 0) is 13.0 Å². The molecule has 0 atom stereocenters. The van der Waals surface area contributed by atoms with Crippen molar-refractivity contribution in [2.75, 3.05) is 17.2 Å². The second-order valence-electron chi connectivity index (χ2n) is 4.52. The molecule has 0 radical (unpaired) electrons. The van der Waals surface area contributed by atoms with E-state index in [9.17, 15) is 4.79 Å². The Morgan fingerprint density at radius 2 is 2.19 bits per heavy atom. The quantitative estimate of drug-likeness (QED) is 0.778. The predicted molar refractivity (Wildman–Crippen MR) is 86.6 cm³/mol. The molecule has 3 rings (SSSR count). The minimum Gasteiger partial charge on any atom is -0.311 e. The SMILES string of the molecule is O=C(Nc1nc2c(s1)CNCC2)Nc1cc(Cl)ccc1Cl. The number of hydrogen-bond donors (Lipinski definition) is 3. The topological polar surface area (TPSA) is 66.0 Å². The number of amides is 2. The van der Waals surface area contributed by atoms with E-state index in [0.717, 1.165) is 30.1 Å². The molecule has 0 aliphatic carbocycles. The van der Waals surface area contributed by atoms with Crippen molar-refractivity contribution in [1.29, 1.82) is 0 Å². The number of anilines is 2. The van der Waals surface area contributed by atoms with Gasteiger partial charge in [0.05, 0.1) is 16.4 Å². The van der Waals surface area contributed by atoms with Gasteiger partial charge in [-0.25, -0.2) is 9.78 Å². The van der Waals surface area contributed by atoms with Crippen LogP contribution in [0.15, 0.2) is 18.2 Å². The van der Waals surface area contributed by atoms with Crippen molar-refractivity contribution in [3.63, 3.8) is 0 Å². The Balaban J connectivity index is 1.69. The average molecular weight is 343 g/mol. The van der Waals surface area contributed by atoms with Crippen LogP contribution in [0.2, 0.25) is 10.0 Å². The summed E-state index contributed by atoms with van der Waals surface area (Å²) in [5, 5.41) is 10.2. The number of urea groups is 1. The lowest BCUT2D eigenvalue weighted by molar-refractivity contribution is 0.262. The zero-order valence-electron chi connectivity index (χ0n) is 10.9. The van der Waals surface area contributed by atoms with E-state index < -0.39 is 6.03 Å². The minimum absolute atomic E-state index is 0.391. The molecule has 110 valence electrons. The fourth-order valence-electron chi connectivity index (χ4n) is 2.02. The standard InChI is InChI=1S/C13H12Cl2N4OS/c14-7-1-2-8(15)10(5-7)17-12(20)19-13-18-9-3-4-16-6-11(9)21-13/h1-2,5,16H,3-4,6H2,(H2,17,18,19,20). The molecule has 1 aliphatic rings. The van der Waals surface area contributed by atoms with Crippen LogP contribution in [-0.4, -0.2) is 17.6 Å². The van der Waals surface area contributed by atoms with Crippen LogP contribution in [0, 0.1) is 0 Å². The van der Waals surface area contributed by atoms with Crippen molar-refractivity contribution < 1.29 is 4.79 Å². The van der Waals surface area contributed by atoms with Crippen LogP contribution in [0.3, 0.4) is 0 Å². The van der Waals surface area contributed by atoms with E-state index in [0.29, 0.717) is 20.9 Å². The number of aromatic nitrogens is 1. The maximum Gasteiger partial charge on any atom is 0.325 e. The van der Waals surface area contributed by atoms with Gasteiger partial charge in [0.15, 0.2) is 5.13 Å². The van der Waals surface area contributed by atoms with Crippen molar-refractivity contribution in [2.24, 2.45) is 0 Å². The van der Waals surface area contributed by atoms with Gasteiger partial charge in [-0.05, 0) is 18.2 Å². The number of fused-ring (bicyclic) bond motifs is 1. The molecule has 2 heterocycles. The summed E-state index contributed by atoms with van der Waals surface area (Å²) in [6.45, 7) is 1.72. The van der Waals surface area contributed by atoms with Gasteiger partial charge in [-0.15, -0.1) is 11.3 Å². The van der Waals surface area contributed by atoms with E-state index >= 15 is 0 Å². The van der Waals surface area contributed by atoms with Gasteiger partial charge in [-0.2, -0.15) is 0 Å². The summed E-state index contributed by atoms with van der Waals surface area (Å²) < 4.78 is 0. The number of thiazole rings is 1. The Kier molecular flexibility index (Phi) is 4.30. The summed E-state index contributed by atoms with van der Waals surface area (Å²) in [7, 11) is 0. The van der Waals surface area contributed by atoms with Crippen molar-refractivity contribution >= 4 is 51.4 Å². The van der Waals surface area contributed by atoms with E-state index in [1.54, 1.807) is 18.2 Å². The van der Waals surface area contributed by atoms with Gasteiger partial charge < -0.3 is 10.6 Å². The fourth-order valence-corrected chi connectivity index (χ4v) is 3.33. The molecule has 0 saturated carbocycles. The molecule has 3 N–H and O–H groups in total. The van der Waals surface area contributed by atoms with E-state index in [1.165, 1.54) is 11.3 Å². The minimum atomic E-state index is -0.391. The van der Waals surface area contributed by atoms with E-state index in [-0.39, 0.29) is 0 Å². The van der Waals surface area contributed by atoms with Crippen molar-refractivity contribution in [3.8, 4) is 0 Å². The Morgan fingerprint density at radius 3 is 3.00 bits per heavy atom.